The standard InChI is InChI=1S/C12H7BrCl2N4/c13-12-18-9-10(15)16-6-17-11(9)19(12)5-7-2-1-3-8(14)4-7/h1-4,6H,5H2. The highest BCUT2D eigenvalue weighted by molar-refractivity contribution is 9.10. The van der Waals surface area contributed by atoms with Crippen molar-refractivity contribution in [2.24, 2.45) is 0 Å². The van der Waals surface area contributed by atoms with E-state index in [-0.39, 0.29) is 0 Å². The van der Waals surface area contributed by atoms with Crippen molar-refractivity contribution in [2.75, 3.05) is 0 Å². The molecule has 2 aromatic heterocycles. The van der Waals surface area contributed by atoms with Gasteiger partial charge in [0.1, 0.15) is 11.8 Å². The second-order valence-electron chi connectivity index (χ2n) is 3.93. The number of halogens is 3. The summed E-state index contributed by atoms with van der Waals surface area (Å²) in [6.45, 7) is 0.602. The van der Waals surface area contributed by atoms with E-state index in [0.717, 1.165) is 5.56 Å². The highest BCUT2D eigenvalue weighted by Gasteiger charge is 2.13. The van der Waals surface area contributed by atoms with Crippen molar-refractivity contribution in [3.8, 4) is 0 Å². The minimum atomic E-state index is 0.343. The van der Waals surface area contributed by atoms with Crippen LogP contribution in [0.5, 0.6) is 0 Å². The van der Waals surface area contributed by atoms with Gasteiger partial charge in [-0.15, -0.1) is 0 Å². The van der Waals surface area contributed by atoms with E-state index in [1.54, 1.807) is 0 Å². The Bertz CT molecular complexity index is 757. The van der Waals surface area contributed by atoms with Gasteiger partial charge in [0.2, 0.25) is 0 Å². The first-order valence-electron chi connectivity index (χ1n) is 5.42. The lowest BCUT2D eigenvalue weighted by Crippen LogP contribution is -2.01. The van der Waals surface area contributed by atoms with Crippen LogP contribution in [0, 0.1) is 0 Å². The van der Waals surface area contributed by atoms with Crippen molar-refractivity contribution in [3.63, 3.8) is 0 Å². The number of hydrogen-bond acceptors (Lipinski definition) is 3. The first-order valence-corrected chi connectivity index (χ1v) is 6.97. The van der Waals surface area contributed by atoms with Crippen LogP contribution in [-0.2, 0) is 6.54 Å². The van der Waals surface area contributed by atoms with Gasteiger partial charge in [-0.3, -0.25) is 4.57 Å². The van der Waals surface area contributed by atoms with Crippen LogP contribution in [0.2, 0.25) is 10.2 Å². The molecule has 0 N–H and O–H groups in total. The lowest BCUT2D eigenvalue weighted by Gasteiger charge is -2.05. The summed E-state index contributed by atoms with van der Waals surface area (Å²) in [7, 11) is 0. The Hall–Kier alpha value is -1.17. The minimum absolute atomic E-state index is 0.343. The fraction of sp³-hybridized carbons (Fsp3) is 0.0833. The van der Waals surface area contributed by atoms with E-state index in [1.165, 1.54) is 6.33 Å². The van der Waals surface area contributed by atoms with Gasteiger partial charge in [-0.2, -0.15) is 0 Å². The van der Waals surface area contributed by atoms with Gasteiger partial charge in [-0.25, -0.2) is 15.0 Å². The zero-order valence-corrected chi connectivity index (χ0v) is 12.6. The molecule has 2 heterocycles. The number of rotatable bonds is 2. The summed E-state index contributed by atoms with van der Waals surface area (Å²) in [6.07, 6.45) is 1.42. The number of aromatic nitrogens is 4. The summed E-state index contributed by atoms with van der Waals surface area (Å²) in [5, 5.41) is 1.04. The predicted octanol–water partition coefficient (Wildman–Crippen LogP) is 3.94. The molecule has 0 aliphatic heterocycles. The number of fused-ring (bicyclic) bond motifs is 1. The highest BCUT2D eigenvalue weighted by atomic mass is 79.9. The van der Waals surface area contributed by atoms with Crippen molar-refractivity contribution in [1.82, 2.24) is 19.5 Å². The maximum absolute atomic E-state index is 6.00. The predicted molar refractivity (Wildman–Crippen MR) is 78.6 cm³/mol. The Morgan fingerprint density at radius 1 is 1.21 bits per heavy atom. The molecule has 0 amide bonds. The van der Waals surface area contributed by atoms with Crippen molar-refractivity contribution >= 4 is 50.3 Å². The molecular weight excluding hydrogens is 351 g/mol. The van der Waals surface area contributed by atoms with E-state index in [4.69, 9.17) is 23.2 Å². The molecule has 0 unspecified atom stereocenters. The van der Waals surface area contributed by atoms with Gasteiger partial charge < -0.3 is 0 Å². The Labute approximate surface area is 127 Å². The molecule has 0 fully saturated rings. The highest BCUT2D eigenvalue weighted by Crippen LogP contribution is 2.24. The maximum Gasteiger partial charge on any atom is 0.179 e. The monoisotopic (exact) mass is 356 g/mol. The SMILES string of the molecule is Clc1cccc(Cn2c(Br)nc3c(Cl)ncnc32)c1. The maximum atomic E-state index is 6.00. The van der Waals surface area contributed by atoms with Gasteiger partial charge >= 0.3 is 0 Å². The van der Waals surface area contributed by atoms with E-state index >= 15 is 0 Å². The number of benzene rings is 1. The summed E-state index contributed by atoms with van der Waals surface area (Å²) in [4.78, 5) is 12.5. The molecule has 19 heavy (non-hydrogen) atoms. The Balaban J connectivity index is 2.10. The molecule has 1 aromatic carbocycles. The van der Waals surface area contributed by atoms with Gasteiger partial charge in [-0.05, 0) is 33.6 Å². The molecular formula is C12H7BrCl2N4. The van der Waals surface area contributed by atoms with Crippen LogP contribution in [0.3, 0.4) is 0 Å². The first-order chi connectivity index (χ1) is 9.15. The average Bonchev–Trinajstić information content (AvgIpc) is 2.69. The van der Waals surface area contributed by atoms with Crippen LogP contribution in [-0.4, -0.2) is 19.5 Å². The molecule has 0 bridgehead atoms. The lowest BCUT2D eigenvalue weighted by molar-refractivity contribution is 0.790. The molecule has 0 saturated heterocycles. The Kier molecular flexibility index (Phi) is 3.43. The molecule has 3 rings (SSSR count). The van der Waals surface area contributed by atoms with Gasteiger partial charge in [-0.1, -0.05) is 35.3 Å². The van der Waals surface area contributed by atoms with Gasteiger partial charge in [0.25, 0.3) is 0 Å². The summed E-state index contributed by atoms with van der Waals surface area (Å²) in [5.74, 6) is 0. The van der Waals surface area contributed by atoms with E-state index in [2.05, 4.69) is 30.9 Å². The molecule has 7 heteroatoms. The zero-order chi connectivity index (χ0) is 13.4. The zero-order valence-electron chi connectivity index (χ0n) is 9.52. The third-order valence-corrected chi connectivity index (χ3v) is 3.79. The van der Waals surface area contributed by atoms with Crippen LogP contribution in [0.25, 0.3) is 11.2 Å². The molecule has 96 valence electrons. The quantitative estimate of drug-likeness (QED) is 0.515. The van der Waals surface area contributed by atoms with Gasteiger partial charge in [0, 0.05) is 5.02 Å². The van der Waals surface area contributed by atoms with E-state index < -0.39 is 0 Å². The summed E-state index contributed by atoms with van der Waals surface area (Å²) in [6, 6.07) is 7.65. The van der Waals surface area contributed by atoms with E-state index in [0.29, 0.717) is 32.6 Å². The number of nitrogens with zero attached hydrogens (tertiary/aromatic N) is 4. The largest absolute Gasteiger partial charge is 0.299 e. The van der Waals surface area contributed by atoms with Crippen molar-refractivity contribution in [2.45, 2.75) is 6.54 Å². The van der Waals surface area contributed by atoms with Gasteiger partial charge in [0.15, 0.2) is 15.5 Å². The molecule has 0 aliphatic rings. The van der Waals surface area contributed by atoms with E-state index in [9.17, 15) is 0 Å². The number of imidazole rings is 1. The van der Waals surface area contributed by atoms with Crippen molar-refractivity contribution in [3.05, 3.63) is 51.1 Å². The Morgan fingerprint density at radius 2 is 2.05 bits per heavy atom. The average molecular weight is 358 g/mol. The van der Waals surface area contributed by atoms with Crippen molar-refractivity contribution < 1.29 is 0 Å². The molecule has 0 radical (unpaired) electrons. The van der Waals surface area contributed by atoms with Crippen LogP contribution in [0.4, 0.5) is 0 Å². The topological polar surface area (TPSA) is 43.6 Å². The second-order valence-corrected chi connectivity index (χ2v) is 5.44. The normalized spacial score (nSPS) is 11.1. The summed E-state index contributed by atoms with van der Waals surface area (Å²) in [5.41, 5.74) is 2.33. The van der Waals surface area contributed by atoms with Gasteiger partial charge in [0.05, 0.1) is 6.54 Å². The second kappa shape index (κ2) is 5.07. The fourth-order valence-electron chi connectivity index (χ4n) is 1.84. The summed E-state index contributed by atoms with van der Waals surface area (Å²) >= 11 is 15.4. The van der Waals surface area contributed by atoms with Crippen molar-refractivity contribution in [1.29, 1.82) is 0 Å². The van der Waals surface area contributed by atoms with Crippen LogP contribution >= 0.6 is 39.1 Å². The minimum Gasteiger partial charge on any atom is -0.299 e. The smallest absolute Gasteiger partial charge is 0.179 e. The number of hydrogen-bond donors (Lipinski definition) is 0. The molecule has 0 aliphatic carbocycles. The van der Waals surface area contributed by atoms with Crippen LogP contribution in [0.1, 0.15) is 5.56 Å². The Morgan fingerprint density at radius 3 is 2.84 bits per heavy atom. The third kappa shape index (κ3) is 2.45. The summed E-state index contributed by atoms with van der Waals surface area (Å²) < 4.78 is 2.57. The fourth-order valence-corrected chi connectivity index (χ4v) is 2.69. The molecule has 4 nitrogen and oxygen atoms in total. The van der Waals surface area contributed by atoms with Crippen LogP contribution < -0.4 is 0 Å². The third-order valence-electron chi connectivity index (χ3n) is 2.67. The van der Waals surface area contributed by atoms with E-state index in [1.807, 2.05) is 28.8 Å². The first kappa shape index (κ1) is 12.8. The molecule has 0 atom stereocenters. The lowest BCUT2D eigenvalue weighted by atomic mass is 10.2. The molecule has 3 aromatic rings. The molecule has 0 spiro atoms. The van der Waals surface area contributed by atoms with Crippen LogP contribution in [0.15, 0.2) is 35.3 Å². The molecule has 0 saturated carbocycles.